The molecule has 9 heteroatoms. The van der Waals surface area contributed by atoms with Crippen molar-refractivity contribution in [2.24, 2.45) is 0 Å². The van der Waals surface area contributed by atoms with Crippen LogP contribution >= 0.6 is 0 Å². The number of morpholine rings is 1. The maximum atomic E-state index is 12.0. The number of urea groups is 1. The summed E-state index contributed by atoms with van der Waals surface area (Å²) < 4.78 is 7.25. The van der Waals surface area contributed by atoms with E-state index in [1.165, 1.54) is 6.33 Å². The minimum atomic E-state index is -0.246. The van der Waals surface area contributed by atoms with Gasteiger partial charge in [0.15, 0.2) is 5.82 Å². The number of carbonyl (C=O) groups excluding carboxylic acids is 1. The Kier molecular flexibility index (Phi) is 5.56. The van der Waals surface area contributed by atoms with Crippen molar-refractivity contribution in [2.45, 2.75) is 26.1 Å². The minimum absolute atomic E-state index is 0.229. The molecule has 1 aliphatic heterocycles. The molecule has 3 heterocycles. The van der Waals surface area contributed by atoms with E-state index in [0.717, 1.165) is 19.6 Å². The molecule has 3 rings (SSSR count). The Bertz CT molecular complexity index is 664. The normalized spacial score (nSPS) is 21.0. The zero-order valence-electron chi connectivity index (χ0n) is 14.4. The maximum absolute atomic E-state index is 12.0. The van der Waals surface area contributed by atoms with Crippen LogP contribution in [-0.4, -0.2) is 69.1 Å². The van der Waals surface area contributed by atoms with Crippen LogP contribution in [0, 0.1) is 0 Å². The van der Waals surface area contributed by atoms with Crippen LogP contribution in [0.5, 0.6) is 0 Å². The fourth-order valence-electron chi connectivity index (χ4n) is 2.89. The van der Waals surface area contributed by atoms with E-state index in [1.807, 2.05) is 0 Å². The Labute approximate surface area is 146 Å². The van der Waals surface area contributed by atoms with Crippen LogP contribution in [0.2, 0.25) is 0 Å². The summed E-state index contributed by atoms with van der Waals surface area (Å²) >= 11 is 0. The summed E-state index contributed by atoms with van der Waals surface area (Å²) in [5.41, 5.74) is 0.620. The number of rotatable bonds is 5. The molecular formula is C16H23N7O2. The molecule has 25 heavy (non-hydrogen) atoms. The highest BCUT2D eigenvalue weighted by molar-refractivity contribution is 5.89. The van der Waals surface area contributed by atoms with Gasteiger partial charge in [0, 0.05) is 26.2 Å². The summed E-state index contributed by atoms with van der Waals surface area (Å²) in [6.45, 7) is 7.30. The fourth-order valence-corrected chi connectivity index (χ4v) is 2.89. The van der Waals surface area contributed by atoms with Crippen molar-refractivity contribution >= 4 is 11.7 Å². The minimum Gasteiger partial charge on any atom is -0.373 e. The molecule has 0 aromatic carbocycles. The zero-order chi connectivity index (χ0) is 17.6. The predicted molar refractivity (Wildman–Crippen MR) is 92.6 cm³/mol. The van der Waals surface area contributed by atoms with Gasteiger partial charge in [-0.2, -0.15) is 5.10 Å². The number of ether oxygens (including phenoxy) is 1. The molecule has 1 saturated heterocycles. The van der Waals surface area contributed by atoms with Gasteiger partial charge in [0.25, 0.3) is 0 Å². The van der Waals surface area contributed by atoms with E-state index in [0.29, 0.717) is 18.1 Å². The molecule has 2 aromatic heterocycles. The Balaban J connectivity index is 1.42. The number of amides is 2. The fraction of sp³-hybridized carbons (Fsp3) is 0.500. The molecule has 2 N–H and O–H groups in total. The van der Waals surface area contributed by atoms with E-state index < -0.39 is 0 Å². The lowest BCUT2D eigenvalue weighted by atomic mass is 10.2. The first-order valence-corrected chi connectivity index (χ1v) is 8.34. The van der Waals surface area contributed by atoms with Crippen LogP contribution in [0.4, 0.5) is 10.5 Å². The highest BCUT2D eigenvalue weighted by Gasteiger charge is 2.21. The van der Waals surface area contributed by atoms with Crippen molar-refractivity contribution in [1.29, 1.82) is 0 Å². The molecular weight excluding hydrogens is 322 g/mol. The molecule has 1 aliphatic rings. The number of pyridine rings is 1. The summed E-state index contributed by atoms with van der Waals surface area (Å²) in [4.78, 5) is 22.4. The molecule has 1 fully saturated rings. The number of nitrogens with one attached hydrogen (secondary N) is 2. The Morgan fingerprint density at radius 2 is 2.12 bits per heavy atom. The molecule has 0 spiro atoms. The Morgan fingerprint density at radius 1 is 1.32 bits per heavy atom. The largest absolute Gasteiger partial charge is 0.373 e. The van der Waals surface area contributed by atoms with Gasteiger partial charge in [0.2, 0.25) is 0 Å². The second kappa shape index (κ2) is 8.04. The smallest absolute Gasteiger partial charge is 0.319 e. The third-order valence-corrected chi connectivity index (χ3v) is 3.87. The molecule has 2 aromatic rings. The van der Waals surface area contributed by atoms with Crippen molar-refractivity contribution in [3.8, 4) is 5.82 Å². The van der Waals surface area contributed by atoms with Gasteiger partial charge in [-0.15, -0.1) is 0 Å². The van der Waals surface area contributed by atoms with E-state index in [-0.39, 0.29) is 18.2 Å². The quantitative estimate of drug-likeness (QED) is 0.835. The second-order valence-corrected chi connectivity index (χ2v) is 6.14. The summed E-state index contributed by atoms with van der Waals surface area (Å²) in [7, 11) is 0. The Morgan fingerprint density at radius 3 is 2.76 bits per heavy atom. The third kappa shape index (κ3) is 4.97. The lowest BCUT2D eigenvalue weighted by Gasteiger charge is -2.35. The molecule has 2 atom stereocenters. The predicted octanol–water partition coefficient (Wildman–Crippen LogP) is 0.893. The molecule has 0 aliphatic carbocycles. The Hall–Kier alpha value is -2.52. The van der Waals surface area contributed by atoms with Crippen molar-refractivity contribution in [3.05, 3.63) is 31.0 Å². The van der Waals surface area contributed by atoms with Crippen molar-refractivity contribution in [2.75, 3.05) is 31.5 Å². The van der Waals surface area contributed by atoms with Gasteiger partial charge in [-0.05, 0) is 26.0 Å². The molecule has 134 valence electrons. The lowest BCUT2D eigenvalue weighted by molar-refractivity contribution is -0.0672. The van der Waals surface area contributed by atoms with Gasteiger partial charge in [-0.25, -0.2) is 19.4 Å². The zero-order valence-corrected chi connectivity index (χ0v) is 14.4. The first kappa shape index (κ1) is 17.3. The highest BCUT2D eigenvalue weighted by Crippen LogP contribution is 2.10. The van der Waals surface area contributed by atoms with E-state index in [1.54, 1.807) is 29.3 Å². The average Bonchev–Trinajstić information content (AvgIpc) is 3.09. The van der Waals surface area contributed by atoms with E-state index in [2.05, 4.69) is 44.4 Å². The summed E-state index contributed by atoms with van der Waals surface area (Å²) in [5, 5.41) is 9.63. The topological polar surface area (TPSA) is 97.2 Å². The molecule has 0 unspecified atom stereocenters. The monoisotopic (exact) mass is 345 g/mol. The van der Waals surface area contributed by atoms with Crippen molar-refractivity contribution < 1.29 is 9.53 Å². The van der Waals surface area contributed by atoms with Crippen molar-refractivity contribution in [3.63, 3.8) is 0 Å². The average molecular weight is 345 g/mol. The summed E-state index contributed by atoms with van der Waals surface area (Å²) in [6.07, 6.45) is 5.05. The number of nitrogens with zero attached hydrogens (tertiary/aromatic N) is 5. The van der Waals surface area contributed by atoms with Gasteiger partial charge in [-0.1, -0.05) is 0 Å². The van der Waals surface area contributed by atoms with Crippen LogP contribution in [0.25, 0.3) is 5.82 Å². The first-order chi connectivity index (χ1) is 12.1. The summed E-state index contributed by atoms with van der Waals surface area (Å²) in [5.74, 6) is 0.638. The van der Waals surface area contributed by atoms with Crippen LogP contribution in [0.3, 0.4) is 0 Å². The molecule has 9 nitrogen and oxygen atoms in total. The van der Waals surface area contributed by atoms with Gasteiger partial charge < -0.3 is 15.4 Å². The van der Waals surface area contributed by atoms with Crippen LogP contribution in [-0.2, 0) is 4.74 Å². The molecule has 0 radical (unpaired) electrons. The maximum Gasteiger partial charge on any atom is 0.319 e. The van der Waals surface area contributed by atoms with Gasteiger partial charge in [0.1, 0.15) is 12.7 Å². The number of hydrogen-bond donors (Lipinski definition) is 2. The molecule has 2 amide bonds. The van der Waals surface area contributed by atoms with E-state index in [4.69, 9.17) is 4.74 Å². The highest BCUT2D eigenvalue weighted by atomic mass is 16.5. The first-order valence-electron chi connectivity index (χ1n) is 8.34. The number of aromatic nitrogens is 4. The number of anilines is 1. The van der Waals surface area contributed by atoms with Gasteiger partial charge in [0.05, 0.1) is 24.1 Å². The van der Waals surface area contributed by atoms with E-state index >= 15 is 0 Å². The number of carbonyl (C=O) groups is 1. The van der Waals surface area contributed by atoms with Crippen LogP contribution in [0.15, 0.2) is 31.0 Å². The molecule has 0 saturated carbocycles. The van der Waals surface area contributed by atoms with E-state index in [9.17, 15) is 4.79 Å². The van der Waals surface area contributed by atoms with Crippen LogP contribution < -0.4 is 10.6 Å². The van der Waals surface area contributed by atoms with Crippen molar-refractivity contribution in [1.82, 2.24) is 30.0 Å². The summed E-state index contributed by atoms with van der Waals surface area (Å²) in [6, 6.07) is 3.29. The SMILES string of the molecule is C[C@@H]1CN(CCNC(=O)Nc2ccc(-n3cncn3)nc2)C[C@H](C)O1. The lowest BCUT2D eigenvalue weighted by Crippen LogP contribution is -2.48. The third-order valence-electron chi connectivity index (χ3n) is 3.87. The number of hydrogen-bond acceptors (Lipinski definition) is 6. The van der Waals surface area contributed by atoms with Gasteiger partial charge in [-0.3, -0.25) is 4.90 Å². The molecule has 0 bridgehead atoms. The van der Waals surface area contributed by atoms with Crippen LogP contribution in [0.1, 0.15) is 13.8 Å². The standard InChI is InChI=1S/C16H23N7O2/c1-12-8-22(9-13(2)25-12)6-5-18-16(24)21-14-3-4-15(19-7-14)23-11-17-10-20-23/h3-4,7,10-13H,5-6,8-9H2,1-2H3,(H2,18,21,24)/t12-,13+. The second-order valence-electron chi connectivity index (χ2n) is 6.14. The van der Waals surface area contributed by atoms with Gasteiger partial charge >= 0.3 is 6.03 Å².